The molecule has 1 aliphatic rings. The number of hydrogen-bond acceptors (Lipinski definition) is 5. The Morgan fingerprint density at radius 3 is 2.64 bits per heavy atom. The Kier molecular flexibility index (Phi) is 6.19. The number of nitrogens with one attached hydrogen (secondary N) is 1. The zero-order valence-electron chi connectivity index (χ0n) is 16.7. The fourth-order valence-corrected chi connectivity index (χ4v) is 2.92. The fraction of sp³-hybridized carbons (Fsp3) is 0.364. The van der Waals surface area contributed by atoms with E-state index < -0.39 is 0 Å². The number of hydrogen-bond donors (Lipinski definition) is 1. The summed E-state index contributed by atoms with van der Waals surface area (Å²) in [6, 6.07) is 13.3. The van der Waals surface area contributed by atoms with Crippen LogP contribution in [0.25, 0.3) is 0 Å². The van der Waals surface area contributed by atoms with Crippen LogP contribution < -0.4 is 14.8 Å². The summed E-state index contributed by atoms with van der Waals surface area (Å²) < 4.78 is 11.0. The molecule has 6 heteroatoms. The van der Waals surface area contributed by atoms with Gasteiger partial charge < -0.3 is 19.6 Å². The Balaban J connectivity index is 1.55. The van der Waals surface area contributed by atoms with Crippen LogP contribution in [-0.4, -0.2) is 37.5 Å². The Hall–Kier alpha value is -3.02. The second kappa shape index (κ2) is 8.78. The smallest absolute Gasteiger partial charge is 0.251 e. The lowest BCUT2D eigenvalue weighted by Gasteiger charge is -2.15. The number of carbonyl (C=O) groups is 1. The molecule has 3 rings (SSSR count). The van der Waals surface area contributed by atoms with Crippen molar-refractivity contribution in [2.45, 2.75) is 39.4 Å². The molecule has 0 spiro atoms. The van der Waals surface area contributed by atoms with Crippen molar-refractivity contribution in [2.24, 2.45) is 5.16 Å². The normalized spacial score (nSPS) is 15.8. The maximum absolute atomic E-state index is 12.5. The predicted octanol–water partition coefficient (Wildman–Crippen LogP) is 3.71. The fourth-order valence-electron chi connectivity index (χ4n) is 2.92. The van der Waals surface area contributed by atoms with E-state index in [0.717, 1.165) is 11.3 Å². The Morgan fingerprint density at radius 1 is 1.21 bits per heavy atom. The zero-order valence-corrected chi connectivity index (χ0v) is 16.7. The summed E-state index contributed by atoms with van der Waals surface area (Å²) in [5.41, 5.74) is 3.65. The lowest BCUT2D eigenvalue weighted by Crippen LogP contribution is -2.32. The Bertz CT molecular complexity index is 859. The van der Waals surface area contributed by atoms with Gasteiger partial charge in [-0.05, 0) is 44.5 Å². The number of methoxy groups -OCH3 is 1. The maximum Gasteiger partial charge on any atom is 0.251 e. The van der Waals surface area contributed by atoms with Gasteiger partial charge >= 0.3 is 0 Å². The first kappa shape index (κ1) is 19.7. The largest absolute Gasteiger partial charge is 0.493 e. The standard InChI is InChI=1S/C22H26N2O4/c1-14(2)27-20-10-9-17(11-21(20)26-4)22(25)23-13-18-12-19(24-28-18)16-7-5-15(3)6-8-16/h5-11,14,18H,12-13H2,1-4H3,(H,23,25)/t18-/m0/s1. The van der Waals surface area contributed by atoms with Crippen LogP contribution in [0.3, 0.4) is 0 Å². The van der Waals surface area contributed by atoms with Gasteiger partial charge in [-0.1, -0.05) is 35.0 Å². The minimum absolute atomic E-state index is 0.0239. The number of carbonyl (C=O) groups excluding carboxylic acids is 1. The van der Waals surface area contributed by atoms with Gasteiger partial charge in [0.15, 0.2) is 11.5 Å². The molecule has 1 amide bonds. The van der Waals surface area contributed by atoms with E-state index in [2.05, 4.69) is 10.5 Å². The molecule has 6 nitrogen and oxygen atoms in total. The van der Waals surface area contributed by atoms with Crippen molar-refractivity contribution < 1.29 is 19.1 Å². The topological polar surface area (TPSA) is 69.2 Å². The second-order valence-corrected chi connectivity index (χ2v) is 7.08. The Morgan fingerprint density at radius 2 is 1.96 bits per heavy atom. The SMILES string of the molecule is COc1cc(C(=O)NC[C@@H]2CC(c3ccc(C)cc3)=NO2)ccc1OC(C)C. The van der Waals surface area contributed by atoms with Crippen LogP contribution in [0.1, 0.15) is 41.8 Å². The number of benzene rings is 2. The average molecular weight is 382 g/mol. The van der Waals surface area contributed by atoms with Gasteiger partial charge in [0, 0.05) is 12.0 Å². The molecule has 1 heterocycles. The van der Waals surface area contributed by atoms with E-state index in [-0.39, 0.29) is 18.1 Å². The van der Waals surface area contributed by atoms with Gasteiger partial charge in [-0.15, -0.1) is 0 Å². The summed E-state index contributed by atoms with van der Waals surface area (Å²) in [7, 11) is 1.56. The lowest BCUT2D eigenvalue weighted by atomic mass is 10.0. The number of ether oxygens (including phenoxy) is 2. The number of aryl methyl sites for hydroxylation is 1. The minimum Gasteiger partial charge on any atom is -0.493 e. The number of oxime groups is 1. The molecule has 0 aromatic heterocycles. The molecule has 0 saturated carbocycles. The van der Waals surface area contributed by atoms with Crippen LogP contribution in [-0.2, 0) is 4.84 Å². The molecule has 0 radical (unpaired) electrons. The number of amides is 1. The third kappa shape index (κ3) is 4.82. The summed E-state index contributed by atoms with van der Waals surface area (Å²) in [5, 5.41) is 7.06. The highest BCUT2D eigenvalue weighted by Crippen LogP contribution is 2.29. The van der Waals surface area contributed by atoms with Gasteiger partial charge in [-0.2, -0.15) is 0 Å². The first-order valence-corrected chi connectivity index (χ1v) is 9.39. The summed E-state index contributed by atoms with van der Waals surface area (Å²) in [6.07, 6.45) is 0.509. The van der Waals surface area contributed by atoms with Crippen LogP contribution in [0.15, 0.2) is 47.6 Å². The molecule has 2 aromatic carbocycles. The molecule has 148 valence electrons. The van der Waals surface area contributed by atoms with Crippen LogP contribution in [0.5, 0.6) is 11.5 Å². The average Bonchev–Trinajstić information content (AvgIpc) is 3.15. The highest BCUT2D eigenvalue weighted by Gasteiger charge is 2.23. The summed E-state index contributed by atoms with van der Waals surface area (Å²) in [5.74, 6) is 0.953. The van der Waals surface area contributed by atoms with Gasteiger partial charge in [0.2, 0.25) is 0 Å². The van der Waals surface area contributed by atoms with E-state index in [9.17, 15) is 4.79 Å². The summed E-state index contributed by atoms with van der Waals surface area (Å²) >= 11 is 0. The van der Waals surface area contributed by atoms with Gasteiger partial charge in [0.1, 0.15) is 6.10 Å². The summed E-state index contributed by atoms with van der Waals surface area (Å²) in [4.78, 5) is 18.0. The van der Waals surface area contributed by atoms with Crippen molar-refractivity contribution in [2.75, 3.05) is 13.7 Å². The number of rotatable bonds is 7. The zero-order chi connectivity index (χ0) is 20.1. The maximum atomic E-state index is 12.5. The quantitative estimate of drug-likeness (QED) is 0.793. The first-order valence-electron chi connectivity index (χ1n) is 9.39. The molecular formula is C22H26N2O4. The molecule has 0 unspecified atom stereocenters. The van der Waals surface area contributed by atoms with Crippen LogP contribution in [0.4, 0.5) is 0 Å². The van der Waals surface area contributed by atoms with Gasteiger partial charge in [0.05, 0.1) is 25.5 Å². The monoisotopic (exact) mass is 382 g/mol. The molecule has 2 aromatic rings. The van der Waals surface area contributed by atoms with Crippen LogP contribution in [0.2, 0.25) is 0 Å². The van der Waals surface area contributed by atoms with E-state index >= 15 is 0 Å². The minimum atomic E-state index is -0.193. The van der Waals surface area contributed by atoms with Crippen molar-refractivity contribution in [3.05, 3.63) is 59.2 Å². The van der Waals surface area contributed by atoms with E-state index in [1.807, 2.05) is 45.0 Å². The third-order valence-electron chi connectivity index (χ3n) is 4.40. The third-order valence-corrected chi connectivity index (χ3v) is 4.40. The summed E-state index contributed by atoms with van der Waals surface area (Å²) in [6.45, 7) is 6.30. The van der Waals surface area contributed by atoms with Crippen molar-refractivity contribution in [3.8, 4) is 11.5 Å². The van der Waals surface area contributed by atoms with Crippen molar-refractivity contribution >= 4 is 11.6 Å². The first-order chi connectivity index (χ1) is 13.5. The second-order valence-electron chi connectivity index (χ2n) is 7.08. The van der Waals surface area contributed by atoms with Crippen molar-refractivity contribution in [3.63, 3.8) is 0 Å². The van der Waals surface area contributed by atoms with E-state index in [4.69, 9.17) is 14.3 Å². The van der Waals surface area contributed by atoms with E-state index in [0.29, 0.717) is 30.0 Å². The van der Waals surface area contributed by atoms with Gasteiger partial charge in [-0.3, -0.25) is 4.79 Å². The van der Waals surface area contributed by atoms with Crippen molar-refractivity contribution in [1.29, 1.82) is 0 Å². The van der Waals surface area contributed by atoms with E-state index in [1.165, 1.54) is 5.56 Å². The van der Waals surface area contributed by atoms with Crippen molar-refractivity contribution in [1.82, 2.24) is 5.32 Å². The van der Waals surface area contributed by atoms with Gasteiger partial charge in [0.25, 0.3) is 5.91 Å². The highest BCUT2D eigenvalue weighted by molar-refractivity contribution is 6.01. The molecule has 1 atom stereocenters. The molecule has 0 aliphatic carbocycles. The highest BCUT2D eigenvalue weighted by atomic mass is 16.6. The van der Waals surface area contributed by atoms with Crippen LogP contribution >= 0.6 is 0 Å². The molecule has 0 saturated heterocycles. The molecule has 28 heavy (non-hydrogen) atoms. The van der Waals surface area contributed by atoms with Crippen LogP contribution in [0, 0.1) is 6.92 Å². The predicted molar refractivity (Wildman–Crippen MR) is 108 cm³/mol. The molecule has 0 bridgehead atoms. The molecular weight excluding hydrogens is 356 g/mol. The van der Waals surface area contributed by atoms with Gasteiger partial charge in [-0.25, -0.2) is 0 Å². The van der Waals surface area contributed by atoms with E-state index in [1.54, 1.807) is 25.3 Å². The molecule has 0 fully saturated rings. The lowest BCUT2D eigenvalue weighted by molar-refractivity contribution is 0.0753. The molecule has 1 aliphatic heterocycles. The number of nitrogens with zero attached hydrogens (tertiary/aromatic N) is 1. The molecule has 1 N–H and O–H groups in total. The Labute approximate surface area is 165 Å².